The maximum Gasteiger partial charge on any atom is 0.260 e. The largest absolute Gasteiger partial charge is 0.493 e. The molecule has 1 N–H and O–H groups in total. The Balaban J connectivity index is 1.76. The minimum absolute atomic E-state index is 0.199. The maximum absolute atomic E-state index is 12.1. The molecule has 0 aliphatic rings. The second-order valence-electron chi connectivity index (χ2n) is 5.80. The number of carbonyl (C=O) groups excluding carboxylic acids is 1. The average molecular weight is 343 g/mol. The Morgan fingerprint density at radius 1 is 1.08 bits per heavy atom. The lowest BCUT2D eigenvalue weighted by Gasteiger charge is -2.16. The van der Waals surface area contributed by atoms with Crippen molar-refractivity contribution in [2.45, 2.75) is 26.9 Å². The van der Waals surface area contributed by atoms with Crippen LogP contribution in [0.15, 0.2) is 42.5 Å². The Morgan fingerprint density at radius 3 is 2.48 bits per heavy atom. The van der Waals surface area contributed by atoms with Crippen molar-refractivity contribution in [3.05, 3.63) is 53.6 Å². The van der Waals surface area contributed by atoms with Gasteiger partial charge in [-0.3, -0.25) is 4.79 Å². The third-order valence-electron chi connectivity index (χ3n) is 3.89. The first-order valence-electron chi connectivity index (χ1n) is 8.28. The van der Waals surface area contributed by atoms with E-state index in [1.807, 2.05) is 37.3 Å². The molecule has 0 saturated heterocycles. The number of hydrogen-bond acceptors (Lipinski definition) is 4. The van der Waals surface area contributed by atoms with Gasteiger partial charge in [-0.25, -0.2) is 0 Å². The van der Waals surface area contributed by atoms with Gasteiger partial charge in [-0.05, 0) is 56.2 Å². The monoisotopic (exact) mass is 343 g/mol. The SMILES string of the molecule is COc1ccccc1O[C@H](C)C(=O)NCCOc1ccc(C)c(C)c1. The molecule has 2 rings (SSSR count). The molecule has 5 nitrogen and oxygen atoms in total. The van der Waals surface area contributed by atoms with E-state index in [0.717, 1.165) is 5.75 Å². The van der Waals surface area contributed by atoms with Crippen LogP contribution in [0.2, 0.25) is 0 Å². The zero-order valence-electron chi connectivity index (χ0n) is 15.2. The molecule has 0 radical (unpaired) electrons. The highest BCUT2D eigenvalue weighted by Crippen LogP contribution is 2.26. The number of nitrogens with one attached hydrogen (secondary N) is 1. The van der Waals surface area contributed by atoms with Crippen molar-refractivity contribution >= 4 is 5.91 Å². The normalized spacial score (nSPS) is 11.5. The zero-order valence-corrected chi connectivity index (χ0v) is 15.2. The van der Waals surface area contributed by atoms with Gasteiger partial charge in [0.1, 0.15) is 12.4 Å². The van der Waals surface area contributed by atoms with E-state index >= 15 is 0 Å². The number of amides is 1. The molecule has 0 aliphatic carbocycles. The summed E-state index contributed by atoms with van der Waals surface area (Å²) in [6, 6.07) is 13.2. The second kappa shape index (κ2) is 8.97. The summed E-state index contributed by atoms with van der Waals surface area (Å²) in [4.78, 5) is 12.1. The van der Waals surface area contributed by atoms with Gasteiger partial charge >= 0.3 is 0 Å². The van der Waals surface area contributed by atoms with Crippen LogP contribution in [0, 0.1) is 13.8 Å². The number of hydrogen-bond donors (Lipinski definition) is 1. The summed E-state index contributed by atoms with van der Waals surface area (Å²) in [5.41, 5.74) is 2.41. The predicted octanol–water partition coefficient (Wildman–Crippen LogP) is 3.27. The van der Waals surface area contributed by atoms with Gasteiger partial charge in [-0.15, -0.1) is 0 Å². The standard InChI is InChI=1S/C20H25NO4/c1-14-9-10-17(13-15(14)2)24-12-11-21-20(22)16(3)25-19-8-6-5-7-18(19)23-4/h5-10,13,16H,11-12H2,1-4H3,(H,21,22)/t16-/m1/s1. The van der Waals surface area contributed by atoms with E-state index in [-0.39, 0.29) is 5.91 Å². The number of aryl methyl sites for hydroxylation is 2. The van der Waals surface area contributed by atoms with Crippen LogP contribution in [-0.2, 0) is 4.79 Å². The molecule has 2 aromatic carbocycles. The molecule has 0 aliphatic heterocycles. The van der Waals surface area contributed by atoms with Crippen LogP contribution in [0.5, 0.6) is 17.2 Å². The van der Waals surface area contributed by atoms with Crippen LogP contribution in [-0.4, -0.2) is 32.3 Å². The fourth-order valence-electron chi connectivity index (χ4n) is 2.25. The number of benzene rings is 2. The number of ether oxygens (including phenoxy) is 3. The smallest absolute Gasteiger partial charge is 0.260 e. The topological polar surface area (TPSA) is 56.8 Å². The summed E-state index contributed by atoms with van der Waals surface area (Å²) in [5, 5.41) is 2.81. The van der Waals surface area contributed by atoms with Crippen LogP contribution in [0.3, 0.4) is 0 Å². The molecular formula is C20H25NO4. The third kappa shape index (κ3) is 5.41. The summed E-state index contributed by atoms with van der Waals surface area (Å²) in [6.45, 7) is 6.61. The first-order valence-corrected chi connectivity index (χ1v) is 8.28. The molecule has 0 spiro atoms. The van der Waals surface area contributed by atoms with Crippen molar-refractivity contribution in [2.75, 3.05) is 20.3 Å². The summed E-state index contributed by atoms with van der Waals surface area (Å²) < 4.78 is 16.5. The number of carbonyl (C=O) groups is 1. The summed E-state index contributed by atoms with van der Waals surface area (Å²) in [6.07, 6.45) is -0.627. The van der Waals surface area contributed by atoms with Crippen LogP contribution >= 0.6 is 0 Å². The van der Waals surface area contributed by atoms with Gasteiger partial charge < -0.3 is 19.5 Å². The van der Waals surface area contributed by atoms with E-state index in [1.165, 1.54) is 11.1 Å². The average Bonchev–Trinajstić information content (AvgIpc) is 2.61. The van der Waals surface area contributed by atoms with Crippen molar-refractivity contribution in [3.8, 4) is 17.2 Å². The molecular weight excluding hydrogens is 318 g/mol. The lowest BCUT2D eigenvalue weighted by molar-refractivity contribution is -0.127. The van der Waals surface area contributed by atoms with Crippen molar-refractivity contribution in [3.63, 3.8) is 0 Å². The summed E-state index contributed by atoms with van der Waals surface area (Å²) >= 11 is 0. The highest BCUT2D eigenvalue weighted by molar-refractivity contribution is 5.80. The minimum atomic E-state index is -0.627. The lowest BCUT2D eigenvalue weighted by atomic mass is 10.1. The van der Waals surface area contributed by atoms with E-state index in [4.69, 9.17) is 14.2 Å². The van der Waals surface area contributed by atoms with E-state index in [9.17, 15) is 4.79 Å². The maximum atomic E-state index is 12.1. The predicted molar refractivity (Wildman–Crippen MR) is 97.5 cm³/mol. The molecule has 25 heavy (non-hydrogen) atoms. The van der Waals surface area contributed by atoms with E-state index in [0.29, 0.717) is 24.7 Å². The Morgan fingerprint density at radius 2 is 1.80 bits per heavy atom. The quantitative estimate of drug-likeness (QED) is 0.748. The van der Waals surface area contributed by atoms with Gasteiger partial charge in [0.15, 0.2) is 17.6 Å². The number of para-hydroxylation sites is 2. The van der Waals surface area contributed by atoms with Gasteiger partial charge in [0.2, 0.25) is 0 Å². The third-order valence-corrected chi connectivity index (χ3v) is 3.89. The van der Waals surface area contributed by atoms with Gasteiger partial charge in [0.25, 0.3) is 5.91 Å². The highest BCUT2D eigenvalue weighted by atomic mass is 16.5. The minimum Gasteiger partial charge on any atom is -0.493 e. The first-order chi connectivity index (χ1) is 12.0. The molecule has 0 heterocycles. The van der Waals surface area contributed by atoms with Crippen molar-refractivity contribution in [2.24, 2.45) is 0 Å². The molecule has 1 atom stereocenters. The Kier molecular flexibility index (Phi) is 6.69. The molecule has 5 heteroatoms. The van der Waals surface area contributed by atoms with Crippen molar-refractivity contribution < 1.29 is 19.0 Å². The first kappa shape index (κ1) is 18.6. The van der Waals surface area contributed by atoms with Gasteiger partial charge in [0.05, 0.1) is 13.7 Å². The Labute approximate surface area is 148 Å². The van der Waals surface area contributed by atoms with E-state index in [2.05, 4.69) is 12.2 Å². The Hall–Kier alpha value is -2.69. The highest BCUT2D eigenvalue weighted by Gasteiger charge is 2.16. The fraction of sp³-hybridized carbons (Fsp3) is 0.350. The molecule has 0 bridgehead atoms. The van der Waals surface area contributed by atoms with E-state index < -0.39 is 6.10 Å². The van der Waals surface area contributed by atoms with Crippen molar-refractivity contribution in [1.82, 2.24) is 5.32 Å². The summed E-state index contributed by atoms with van der Waals surface area (Å²) in [5.74, 6) is 1.74. The number of rotatable bonds is 8. The van der Waals surface area contributed by atoms with Crippen molar-refractivity contribution in [1.29, 1.82) is 0 Å². The molecule has 2 aromatic rings. The second-order valence-corrected chi connectivity index (χ2v) is 5.80. The molecule has 0 unspecified atom stereocenters. The van der Waals surface area contributed by atoms with Gasteiger partial charge in [0, 0.05) is 0 Å². The molecule has 0 saturated carbocycles. The van der Waals surface area contributed by atoms with Crippen LogP contribution in [0.1, 0.15) is 18.1 Å². The zero-order chi connectivity index (χ0) is 18.2. The molecule has 1 amide bonds. The molecule has 134 valence electrons. The van der Waals surface area contributed by atoms with Crippen LogP contribution in [0.4, 0.5) is 0 Å². The summed E-state index contributed by atoms with van der Waals surface area (Å²) in [7, 11) is 1.57. The van der Waals surface area contributed by atoms with E-state index in [1.54, 1.807) is 26.2 Å². The lowest BCUT2D eigenvalue weighted by Crippen LogP contribution is -2.38. The Bertz CT molecular complexity index is 715. The fourth-order valence-corrected chi connectivity index (χ4v) is 2.25. The number of methoxy groups -OCH3 is 1. The van der Waals surface area contributed by atoms with Gasteiger partial charge in [-0.1, -0.05) is 18.2 Å². The molecule has 0 fully saturated rings. The van der Waals surface area contributed by atoms with Crippen LogP contribution in [0.25, 0.3) is 0 Å². The molecule has 0 aromatic heterocycles. The van der Waals surface area contributed by atoms with Gasteiger partial charge in [-0.2, -0.15) is 0 Å². The van der Waals surface area contributed by atoms with Crippen LogP contribution < -0.4 is 19.5 Å².